The first kappa shape index (κ1) is 18.0. The van der Waals surface area contributed by atoms with E-state index in [4.69, 9.17) is 0 Å². The molecule has 26 heavy (non-hydrogen) atoms. The van der Waals surface area contributed by atoms with Crippen LogP contribution < -0.4 is 0 Å². The highest BCUT2D eigenvalue weighted by molar-refractivity contribution is 5.57. The van der Waals surface area contributed by atoms with Crippen LogP contribution in [0, 0.1) is 18.8 Å². The van der Waals surface area contributed by atoms with Crippen molar-refractivity contribution >= 4 is 0 Å². The van der Waals surface area contributed by atoms with E-state index in [-0.39, 0.29) is 6.04 Å². The van der Waals surface area contributed by atoms with Crippen molar-refractivity contribution in [3.63, 3.8) is 0 Å². The van der Waals surface area contributed by atoms with E-state index in [2.05, 4.69) is 44.6 Å². The van der Waals surface area contributed by atoms with Gasteiger partial charge in [0, 0.05) is 41.7 Å². The van der Waals surface area contributed by atoms with Gasteiger partial charge in [-0.25, -0.2) is 4.98 Å². The molecule has 0 aliphatic carbocycles. The molecule has 134 valence electrons. The maximum absolute atomic E-state index is 9.71. The lowest BCUT2D eigenvalue weighted by atomic mass is 10.1. The molecule has 0 radical (unpaired) electrons. The number of H-pyrrole nitrogens is 1. The number of hydrogen-bond acceptors (Lipinski definition) is 3. The minimum Gasteiger partial charge on any atom is -0.378 e. The summed E-state index contributed by atoms with van der Waals surface area (Å²) in [6.07, 6.45) is 4.66. The highest BCUT2D eigenvalue weighted by atomic mass is 16.3. The molecule has 1 atom stereocenters. The average Bonchev–Trinajstić information content (AvgIpc) is 3.22. The molecule has 0 saturated heterocycles. The van der Waals surface area contributed by atoms with Gasteiger partial charge in [0.1, 0.15) is 11.4 Å². The van der Waals surface area contributed by atoms with Gasteiger partial charge < -0.3 is 9.67 Å². The first-order valence-corrected chi connectivity index (χ1v) is 8.71. The lowest BCUT2D eigenvalue weighted by Crippen LogP contribution is -2.14. The molecule has 0 amide bonds. The van der Waals surface area contributed by atoms with Gasteiger partial charge in [-0.05, 0) is 45.9 Å². The zero-order valence-corrected chi connectivity index (χ0v) is 15.6. The molecule has 3 aromatic rings. The molecule has 0 fully saturated rings. The molecule has 0 saturated carbocycles. The van der Waals surface area contributed by atoms with E-state index in [1.165, 1.54) is 0 Å². The van der Waals surface area contributed by atoms with Crippen LogP contribution in [0.1, 0.15) is 43.8 Å². The molecule has 2 N–H and O–H groups in total. The minimum absolute atomic E-state index is 0.241. The first-order valence-electron chi connectivity index (χ1n) is 8.71. The zero-order valence-electron chi connectivity index (χ0n) is 15.6. The second-order valence-electron chi connectivity index (χ2n) is 7.14. The Bertz CT molecular complexity index is 933. The number of benzene rings is 1. The summed E-state index contributed by atoms with van der Waals surface area (Å²) in [6, 6.07) is 10.2. The SMILES string of the molecule is Cc1cc(C[C@@H](C)n2ccnc2-c2ccc(C#CC(C)(C)O)cc2)n[nH]1. The number of nitrogens with zero attached hydrogens (tertiary/aromatic N) is 3. The monoisotopic (exact) mass is 348 g/mol. The van der Waals surface area contributed by atoms with E-state index in [1.807, 2.05) is 43.6 Å². The van der Waals surface area contributed by atoms with Crippen LogP contribution in [-0.2, 0) is 6.42 Å². The van der Waals surface area contributed by atoms with Gasteiger partial charge in [-0.3, -0.25) is 5.10 Å². The lowest BCUT2D eigenvalue weighted by Gasteiger charge is -2.15. The van der Waals surface area contributed by atoms with Crippen molar-refractivity contribution in [3.05, 3.63) is 59.7 Å². The predicted octanol–water partition coefficient (Wildman–Crippen LogP) is 3.51. The van der Waals surface area contributed by atoms with Crippen molar-refractivity contribution < 1.29 is 5.11 Å². The van der Waals surface area contributed by atoms with Gasteiger partial charge in [0.05, 0.1) is 5.69 Å². The van der Waals surface area contributed by atoms with Gasteiger partial charge in [0.15, 0.2) is 0 Å². The third kappa shape index (κ3) is 4.41. The van der Waals surface area contributed by atoms with Crippen molar-refractivity contribution in [2.24, 2.45) is 0 Å². The van der Waals surface area contributed by atoms with Gasteiger partial charge in [-0.1, -0.05) is 24.0 Å². The second kappa shape index (κ2) is 7.19. The fourth-order valence-corrected chi connectivity index (χ4v) is 2.80. The third-order valence-electron chi connectivity index (χ3n) is 4.06. The molecule has 2 heterocycles. The Morgan fingerprint density at radius 2 is 2.00 bits per heavy atom. The molecule has 0 spiro atoms. The van der Waals surface area contributed by atoms with Crippen LogP contribution in [0.25, 0.3) is 11.4 Å². The summed E-state index contributed by atoms with van der Waals surface area (Å²) < 4.78 is 2.17. The van der Waals surface area contributed by atoms with Crippen molar-refractivity contribution in [3.8, 4) is 23.2 Å². The number of aliphatic hydroxyl groups is 1. The van der Waals surface area contributed by atoms with E-state index in [0.717, 1.165) is 34.8 Å². The Morgan fingerprint density at radius 3 is 2.62 bits per heavy atom. The van der Waals surface area contributed by atoms with Crippen molar-refractivity contribution in [2.75, 3.05) is 0 Å². The van der Waals surface area contributed by atoms with Crippen LogP contribution in [0.2, 0.25) is 0 Å². The molecule has 5 heteroatoms. The Kier molecular flexibility index (Phi) is 4.97. The van der Waals surface area contributed by atoms with Gasteiger partial charge in [0.2, 0.25) is 0 Å². The van der Waals surface area contributed by atoms with E-state index >= 15 is 0 Å². The van der Waals surface area contributed by atoms with Crippen molar-refractivity contribution in [1.82, 2.24) is 19.7 Å². The zero-order chi connectivity index (χ0) is 18.7. The summed E-state index contributed by atoms with van der Waals surface area (Å²) in [4.78, 5) is 4.53. The highest BCUT2D eigenvalue weighted by Crippen LogP contribution is 2.23. The fraction of sp³-hybridized carbons (Fsp3) is 0.333. The van der Waals surface area contributed by atoms with Crippen LogP contribution in [0.4, 0.5) is 0 Å². The highest BCUT2D eigenvalue weighted by Gasteiger charge is 2.13. The number of hydrogen-bond donors (Lipinski definition) is 2. The number of aromatic amines is 1. The Hall–Kier alpha value is -2.84. The summed E-state index contributed by atoms with van der Waals surface area (Å²) in [5.74, 6) is 6.74. The second-order valence-corrected chi connectivity index (χ2v) is 7.14. The summed E-state index contributed by atoms with van der Waals surface area (Å²) in [5.41, 5.74) is 3.03. The van der Waals surface area contributed by atoms with Crippen LogP contribution in [0.3, 0.4) is 0 Å². The van der Waals surface area contributed by atoms with Gasteiger partial charge >= 0.3 is 0 Å². The Morgan fingerprint density at radius 1 is 1.27 bits per heavy atom. The molecule has 3 rings (SSSR count). The summed E-state index contributed by atoms with van der Waals surface area (Å²) in [6.45, 7) is 7.52. The number of nitrogens with one attached hydrogen (secondary N) is 1. The molecule has 0 unspecified atom stereocenters. The molecule has 0 bridgehead atoms. The number of aryl methyl sites for hydroxylation is 1. The number of aromatic nitrogens is 4. The molecule has 0 aliphatic heterocycles. The van der Waals surface area contributed by atoms with Crippen LogP contribution in [0.5, 0.6) is 0 Å². The fourth-order valence-electron chi connectivity index (χ4n) is 2.80. The minimum atomic E-state index is -0.991. The van der Waals surface area contributed by atoms with E-state index < -0.39 is 5.60 Å². The average molecular weight is 348 g/mol. The summed E-state index contributed by atoms with van der Waals surface area (Å²) in [7, 11) is 0. The molecular weight excluding hydrogens is 324 g/mol. The first-order chi connectivity index (χ1) is 12.3. The van der Waals surface area contributed by atoms with Crippen molar-refractivity contribution in [2.45, 2.75) is 45.8 Å². The van der Waals surface area contributed by atoms with Gasteiger partial charge in [-0.15, -0.1) is 0 Å². The third-order valence-corrected chi connectivity index (χ3v) is 4.06. The molecular formula is C21H24N4O. The predicted molar refractivity (Wildman–Crippen MR) is 103 cm³/mol. The molecule has 5 nitrogen and oxygen atoms in total. The Labute approximate surface area is 154 Å². The summed E-state index contributed by atoms with van der Waals surface area (Å²) in [5, 5.41) is 17.0. The van der Waals surface area contributed by atoms with Crippen LogP contribution in [0.15, 0.2) is 42.7 Å². The molecule has 2 aromatic heterocycles. The molecule has 0 aliphatic rings. The van der Waals surface area contributed by atoms with Gasteiger partial charge in [-0.2, -0.15) is 5.10 Å². The smallest absolute Gasteiger partial charge is 0.140 e. The quantitative estimate of drug-likeness (QED) is 0.709. The topological polar surface area (TPSA) is 66.7 Å². The number of rotatable bonds is 4. The largest absolute Gasteiger partial charge is 0.378 e. The summed E-state index contributed by atoms with van der Waals surface area (Å²) >= 11 is 0. The molecule has 1 aromatic carbocycles. The number of imidazole rings is 1. The van der Waals surface area contributed by atoms with E-state index in [1.54, 1.807) is 13.8 Å². The normalized spacial score (nSPS) is 12.5. The van der Waals surface area contributed by atoms with Crippen LogP contribution >= 0.6 is 0 Å². The Balaban J connectivity index is 1.80. The van der Waals surface area contributed by atoms with Crippen LogP contribution in [-0.4, -0.2) is 30.5 Å². The van der Waals surface area contributed by atoms with E-state index in [0.29, 0.717) is 0 Å². The lowest BCUT2D eigenvalue weighted by molar-refractivity contribution is 0.143. The maximum atomic E-state index is 9.71. The van der Waals surface area contributed by atoms with Gasteiger partial charge in [0.25, 0.3) is 0 Å². The van der Waals surface area contributed by atoms with E-state index in [9.17, 15) is 5.11 Å². The maximum Gasteiger partial charge on any atom is 0.140 e. The van der Waals surface area contributed by atoms with Crippen molar-refractivity contribution in [1.29, 1.82) is 0 Å². The standard InChI is InChI=1S/C21H24N4O/c1-15-13-19(24-23-15)14-16(2)25-12-11-22-20(25)18-7-5-17(6-8-18)9-10-21(3,4)26/h5-8,11-13,16,26H,14H2,1-4H3,(H,23,24)/t16-/m1/s1.